The van der Waals surface area contributed by atoms with Crippen molar-refractivity contribution in [3.05, 3.63) is 59.5 Å². The smallest absolute Gasteiger partial charge is 0.338 e. The van der Waals surface area contributed by atoms with Gasteiger partial charge in [-0.2, -0.15) is 0 Å². The second kappa shape index (κ2) is 6.26. The van der Waals surface area contributed by atoms with Crippen molar-refractivity contribution in [2.45, 2.75) is 19.1 Å². The van der Waals surface area contributed by atoms with Crippen molar-refractivity contribution in [3.63, 3.8) is 0 Å². The molecule has 23 heavy (non-hydrogen) atoms. The zero-order chi connectivity index (χ0) is 16.4. The number of hydrogen-bond donors (Lipinski definition) is 1. The highest BCUT2D eigenvalue weighted by Crippen LogP contribution is 2.26. The van der Waals surface area contributed by atoms with Crippen LogP contribution in [0, 0.1) is 0 Å². The summed E-state index contributed by atoms with van der Waals surface area (Å²) in [6, 6.07) is 10.9. The minimum Gasteiger partial charge on any atom is -0.478 e. The lowest BCUT2D eigenvalue weighted by molar-refractivity contribution is -0.0697. The van der Waals surface area contributed by atoms with E-state index in [-0.39, 0.29) is 29.4 Å². The molecule has 1 aromatic carbocycles. The van der Waals surface area contributed by atoms with Gasteiger partial charge in [-0.05, 0) is 12.5 Å². The van der Waals surface area contributed by atoms with Crippen LogP contribution in [0.4, 0.5) is 0 Å². The summed E-state index contributed by atoms with van der Waals surface area (Å²) in [5.41, 5.74) is 0.969. The predicted octanol–water partition coefficient (Wildman–Crippen LogP) is 2.58. The van der Waals surface area contributed by atoms with Gasteiger partial charge in [0.15, 0.2) is 5.76 Å². The summed E-state index contributed by atoms with van der Waals surface area (Å²) in [5.74, 6) is -1.41. The fourth-order valence-corrected chi connectivity index (χ4v) is 2.69. The molecule has 0 saturated carbocycles. The first-order valence-corrected chi connectivity index (χ1v) is 7.36. The number of ether oxygens (including phenoxy) is 1. The predicted molar refractivity (Wildman–Crippen MR) is 81.3 cm³/mol. The lowest BCUT2D eigenvalue weighted by Gasteiger charge is -2.36. The maximum Gasteiger partial charge on any atom is 0.338 e. The molecule has 2 atom stereocenters. The average molecular weight is 315 g/mol. The Balaban J connectivity index is 1.78. The number of hydrogen-bond acceptors (Lipinski definition) is 4. The third kappa shape index (κ3) is 3.27. The Morgan fingerprint density at radius 1 is 1.22 bits per heavy atom. The molecule has 2 aromatic rings. The largest absolute Gasteiger partial charge is 0.478 e. The van der Waals surface area contributed by atoms with Crippen LogP contribution in [0.3, 0.4) is 0 Å². The van der Waals surface area contributed by atoms with Gasteiger partial charge in [0.05, 0.1) is 18.2 Å². The Morgan fingerprint density at radius 3 is 2.61 bits per heavy atom. The van der Waals surface area contributed by atoms with Crippen LogP contribution in [-0.2, 0) is 4.74 Å². The van der Waals surface area contributed by atoms with Crippen molar-refractivity contribution in [3.8, 4) is 0 Å². The third-order valence-electron chi connectivity index (χ3n) is 3.78. The Bertz CT molecular complexity index is 709. The second-order valence-corrected chi connectivity index (χ2v) is 5.56. The quantitative estimate of drug-likeness (QED) is 0.941. The van der Waals surface area contributed by atoms with E-state index in [2.05, 4.69) is 0 Å². The SMILES string of the molecule is CC1CN(C(=O)c2cc(C(=O)O)co2)CC(c2ccccc2)O1. The van der Waals surface area contributed by atoms with Gasteiger partial charge in [0, 0.05) is 12.6 Å². The molecule has 6 nitrogen and oxygen atoms in total. The molecule has 0 spiro atoms. The van der Waals surface area contributed by atoms with Crippen LogP contribution >= 0.6 is 0 Å². The molecule has 0 bridgehead atoms. The van der Waals surface area contributed by atoms with Crippen LogP contribution in [0.25, 0.3) is 0 Å². The van der Waals surface area contributed by atoms with E-state index in [1.807, 2.05) is 37.3 Å². The Hall–Kier alpha value is -2.60. The minimum absolute atomic E-state index is 0.0308. The van der Waals surface area contributed by atoms with Gasteiger partial charge < -0.3 is 19.2 Å². The van der Waals surface area contributed by atoms with Gasteiger partial charge in [0.1, 0.15) is 12.4 Å². The molecule has 2 heterocycles. The Morgan fingerprint density at radius 2 is 1.96 bits per heavy atom. The number of carboxylic acids is 1. The standard InChI is InChI=1S/C17H17NO5/c1-11-8-18(9-15(23-11)12-5-3-2-4-6-12)16(19)14-7-13(10-22-14)17(20)21/h2-7,10-11,15H,8-9H2,1H3,(H,20,21). The molecule has 1 aromatic heterocycles. The van der Waals surface area contributed by atoms with Crippen LogP contribution < -0.4 is 0 Å². The molecule has 1 N–H and O–H groups in total. The molecule has 1 amide bonds. The van der Waals surface area contributed by atoms with Gasteiger partial charge >= 0.3 is 5.97 Å². The van der Waals surface area contributed by atoms with E-state index < -0.39 is 5.97 Å². The van der Waals surface area contributed by atoms with E-state index in [1.165, 1.54) is 6.07 Å². The summed E-state index contributed by atoms with van der Waals surface area (Å²) in [5, 5.41) is 8.92. The molecule has 120 valence electrons. The highest BCUT2D eigenvalue weighted by atomic mass is 16.5. The summed E-state index contributed by atoms with van der Waals surface area (Å²) in [4.78, 5) is 25.1. The van der Waals surface area contributed by atoms with Crippen molar-refractivity contribution in [1.29, 1.82) is 0 Å². The number of amides is 1. The van der Waals surface area contributed by atoms with Crippen molar-refractivity contribution >= 4 is 11.9 Å². The molecule has 1 aliphatic rings. The van der Waals surface area contributed by atoms with Crippen molar-refractivity contribution in [2.75, 3.05) is 13.1 Å². The van der Waals surface area contributed by atoms with E-state index >= 15 is 0 Å². The first-order chi connectivity index (χ1) is 11.0. The average Bonchev–Trinajstić information content (AvgIpc) is 3.04. The zero-order valence-corrected chi connectivity index (χ0v) is 12.6. The highest BCUT2D eigenvalue weighted by molar-refractivity contribution is 5.95. The third-order valence-corrected chi connectivity index (χ3v) is 3.78. The summed E-state index contributed by atoms with van der Waals surface area (Å²) >= 11 is 0. The molecular weight excluding hydrogens is 298 g/mol. The lowest BCUT2D eigenvalue weighted by atomic mass is 10.1. The molecule has 3 rings (SSSR count). The monoisotopic (exact) mass is 315 g/mol. The normalized spacial score (nSPS) is 21.2. The first kappa shape index (κ1) is 15.3. The Kier molecular flexibility index (Phi) is 4.16. The number of nitrogens with zero attached hydrogens (tertiary/aromatic N) is 1. The summed E-state index contributed by atoms with van der Waals surface area (Å²) in [7, 11) is 0. The number of carbonyl (C=O) groups excluding carboxylic acids is 1. The number of carbonyl (C=O) groups is 2. The number of benzene rings is 1. The van der Waals surface area contributed by atoms with Gasteiger partial charge in [-0.25, -0.2) is 4.79 Å². The van der Waals surface area contributed by atoms with Crippen molar-refractivity contribution in [1.82, 2.24) is 4.90 Å². The summed E-state index contributed by atoms with van der Waals surface area (Å²) < 4.78 is 11.0. The molecule has 6 heteroatoms. The molecular formula is C17H17NO5. The fraction of sp³-hybridized carbons (Fsp3) is 0.294. The summed E-state index contributed by atoms with van der Waals surface area (Å²) in [6.45, 7) is 2.74. The molecule has 0 radical (unpaired) electrons. The molecule has 2 unspecified atom stereocenters. The lowest BCUT2D eigenvalue weighted by Crippen LogP contribution is -2.45. The molecule has 1 saturated heterocycles. The van der Waals surface area contributed by atoms with Gasteiger partial charge in [-0.3, -0.25) is 4.79 Å². The highest BCUT2D eigenvalue weighted by Gasteiger charge is 2.31. The van der Waals surface area contributed by atoms with Crippen LogP contribution in [0.2, 0.25) is 0 Å². The topological polar surface area (TPSA) is 80.0 Å². The van der Waals surface area contributed by atoms with Crippen LogP contribution in [0.5, 0.6) is 0 Å². The van der Waals surface area contributed by atoms with Crippen molar-refractivity contribution < 1.29 is 23.8 Å². The first-order valence-electron chi connectivity index (χ1n) is 7.36. The van der Waals surface area contributed by atoms with Gasteiger partial charge in [-0.1, -0.05) is 30.3 Å². The van der Waals surface area contributed by atoms with Gasteiger partial charge in [-0.15, -0.1) is 0 Å². The number of morpholine rings is 1. The van der Waals surface area contributed by atoms with E-state index in [4.69, 9.17) is 14.3 Å². The minimum atomic E-state index is -1.12. The number of furan rings is 1. The fourth-order valence-electron chi connectivity index (χ4n) is 2.69. The maximum atomic E-state index is 12.5. The number of carboxylic acid groups (broad SMARTS) is 1. The van der Waals surface area contributed by atoms with Gasteiger partial charge in [0.25, 0.3) is 5.91 Å². The molecule has 0 aliphatic carbocycles. The molecule has 1 fully saturated rings. The van der Waals surface area contributed by atoms with Crippen LogP contribution in [-0.4, -0.2) is 41.1 Å². The molecule has 1 aliphatic heterocycles. The van der Waals surface area contributed by atoms with E-state index in [0.717, 1.165) is 11.8 Å². The maximum absolute atomic E-state index is 12.5. The number of rotatable bonds is 3. The van der Waals surface area contributed by atoms with Crippen LogP contribution in [0.1, 0.15) is 39.5 Å². The van der Waals surface area contributed by atoms with E-state index in [9.17, 15) is 9.59 Å². The number of aromatic carboxylic acids is 1. The van der Waals surface area contributed by atoms with Gasteiger partial charge in [0.2, 0.25) is 0 Å². The van der Waals surface area contributed by atoms with E-state index in [1.54, 1.807) is 4.90 Å². The van der Waals surface area contributed by atoms with E-state index in [0.29, 0.717) is 13.1 Å². The summed E-state index contributed by atoms with van der Waals surface area (Å²) in [6.07, 6.45) is 0.748. The van der Waals surface area contributed by atoms with Crippen LogP contribution in [0.15, 0.2) is 47.1 Å². The zero-order valence-electron chi connectivity index (χ0n) is 12.6. The Labute approximate surface area is 133 Å². The van der Waals surface area contributed by atoms with Crippen molar-refractivity contribution in [2.24, 2.45) is 0 Å². The second-order valence-electron chi connectivity index (χ2n) is 5.56.